The Hall–Kier alpha value is -1.76. The predicted molar refractivity (Wildman–Crippen MR) is 72.2 cm³/mol. The molecule has 0 atom stereocenters. The van der Waals surface area contributed by atoms with Crippen LogP contribution in [0.3, 0.4) is 0 Å². The van der Waals surface area contributed by atoms with E-state index in [0.29, 0.717) is 12.2 Å². The van der Waals surface area contributed by atoms with E-state index in [1.165, 1.54) is 10.6 Å². The van der Waals surface area contributed by atoms with Gasteiger partial charge in [0.1, 0.15) is 0 Å². The lowest BCUT2D eigenvalue weighted by atomic mass is 10.3. The second-order valence-electron chi connectivity index (χ2n) is 4.56. The van der Waals surface area contributed by atoms with Crippen molar-refractivity contribution in [2.24, 2.45) is 0 Å². The van der Waals surface area contributed by atoms with Crippen molar-refractivity contribution in [3.8, 4) is 0 Å². The van der Waals surface area contributed by atoms with Crippen LogP contribution in [0.5, 0.6) is 0 Å². The van der Waals surface area contributed by atoms with Gasteiger partial charge < -0.3 is 9.72 Å². The highest BCUT2D eigenvalue weighted by atomic mass is 35.5. The van der Waals surface area contributed by atoms with Gasteiger partial charge in [0, 0.05) is 18.9 Å². The summed E-state index contributed by atoms with van der Waals surface area (Å²) in [5.74, 6) is -0.229. The number of amides is 1. The second kappa shape index (κ2) is 5.93. The summed E-state index contributed by atoms with van der Waals surface area (Å²) in [5, 5.41) is 2.57. The molecule has 114 valence electrons. The van der Waals surface area contributed by atoms with E-state index in [9.17, 15) is 18.0 Å². The number of pyridine rings is 1. The largest absolute Gasteiger partial charge is 0.417 e. The van der Waals surface area contributed by atoms with Crippen molar-refractivity contribution in [2.45, 2.75) is 25.9 Å². The molecule has 0 aliphatic rings. The van der Waals surface area contributed by atoms with E-state index in [2.05, 4.69) is 10.3 Å². The van der Waals surface area contributed by atoms with E-state index in [-0.39, 0.29) is 23.0 Å². The third-order valence-corrected chi connectivity index (χ3v) is 3.08. The molecule has 0 aliphatic heterocycles. The summed E-state index contributed by atoms with van der Waals surface area (Å²) in [6, 6.07) is 0.824. The van der Waals surface area contributed by atoms with Crippen LogP contribution in [0.25, 0.3) is 5.65 Å². The van der Waals surface area contributed by atoms with Crippen LogP contribution in [-0.4, -0.2) is 21.8 Å². The molecule has 0 aliphatic carbocycles. The van der Waals surface area contributed by atoms with Crippen molar-refractivity contribution in [2.75, 3.05) is 6.54 Å². The first kappa shape index (κ1) is 15.6. The second-order valence-corrected chi connectivity index (χ2v) is 4.97. The van der Waals surface area contributed by atoms with Gasteiger partial charge >= 0.3 is 6.18 Å². The number of nitrogens with one attached hydrogen (secondary N) is 1. The van der Waals surface area contributed by atoms with Crippen molar-refractivity contribution in [1.82, 2.24) is 14.7 Å². The summed E-state index contributed by atoms with van der Waals surface area (Å²) in [4.78, 5) is 15.7. The van der Waals surface area contributed by atoms with Gasteiger partial charge in [0.25, 0.3) is 0 Å². The van der Waals surface area contributed by atoms with E-state index in [4.69, 9.17) is 11.6 Å². The van der Waals surface area contributed by atoms with Crippen LogP contribution < -0.4 is 5.32 Å². The van der Waals surface area contributed by atoms with Crippen molar-refractivity contribution in [1.29, 1.82) is 0 Å². The van der Waals surface area contributed by atoms with Crippen molar-refractivity contribution >= 4 is 23.2 Å². The number of alkyl halides is 3. The highest BCUT2D eigenvalue weighted by Crippen LogP contribution is 2.32. The number of rotatable bonds is 4. The SMILES string of the molecule is CCCNC(=O)Cc1cn2cc(C(F)(F)F)cc(Cl)c2n1. The van der Waals surface area contributed by atoms with Crippen molar-refractivity contribution in [3.05, 3.63) is 34.7 Å². The lowest BCUT2D eigenvalue weighted by Crippen LogP contribution is -2.25. The maximum absolute atomic E-state index is 12.7. The fourth-order valence-electron chi connectivity index (χ4n) is 1.84. The number of hydrogen-bond donors (Lipinski definition) is 1. The number of nitrogens with zero attached hydrogens (tertiary/aromatic N) is 2. The Labute approximate surface area is 123 Å². The number of aromatic nitrogens is 2. The van der Waals surface area contributed by atoms with Gasteiger partial charge in [-0.3, -0.25) is 4.79 Å². The van der Waals surface area contributed by atoms with Crippen molar-refractivity contribution < 1.29 is 18.0 Å². The molecular formula is C13H13ClF3N3O. The Kier molecular flexibility index (Phi) is 4.41. The molecule has 1 N–H and O–H groups in total. The van der Waals surface area contributed by atoms with Gasteiger partial charge in [0.05, 0.1) is 22.7 Å². The molecule has 2 aromatic rings. The number of carbonyl (C=O) groups excluding carboxylic acids is 1. The molecule has 0 unspecified atom stereocenters. The molecular weight excluding hydrogens is 307 g/mol. The summed E-state index contributed by atoms with van der Waals surface area (Å²) in [5.41, 5.74) is -0.299. The highest BCUT2D eigenvalue weighted by molar-refractivity contribution is 6.33. The highest BCUT2D eigenvalue weighted by Gasteiger charge is 2.31. The van der Waals surface area contributed by atoms with E-state index < -0.39 is 11.7 Å². The molecule has 0 bridgehead atoms. The van der Waals surface area contributed by atoms with E-state index in [1.807, 2.05) is 6.92 Å². The number of halogens is 4. The molecule has 0 fully saturated rings. The Morgan fingerprint density at radius 2 is 2.14 bits per heavy atom. The van der Waals surface area contributed by atoms with Gasteiger partial charge in [-0.2, -0.15) is 13.2 Å². The fraction of sp³-hybridized carbons (Fsp3) is 0.385. The minimum absolute atomic E-state index is 0.000635. The van der Waals surface area contributed by atoms with Crippen LogP contribution in [0, 0.1) is 0 Å². The topological polar surface area (TPSA) is 46.4 Å². The molecule has 0 saturated carbocycles. The minimum Gasteiger partial charge on any atom is -0.356 e. The molecule has 2 rings (SSSR count). The minimum atomic E-state index is -4.49. The van der Waals surface area contributed by atoms with Crippen molar-refractivity contribution in [3.63, 3.8) is 0 Å². The monoisotopic (exact) mass is 319 g/mol. The third kappa shape index (κ3) is 3.66. The van der Waals surface area contributed by atoms with E-state index >= 15 is 0 Å². The maximum atomic E-state index is 12.7. The Balaban J connectivity index is 2.29. The fourth-order valence-corrected chi connectivity index (χ4v) is 2.10. The summed E-state index contributed by atoms with van der Waals surface area (Å²) < 4.78 is 39.3. The van der Waals surface area contributed by atoms with Gasteiger partial charge in [-0.05, 0) is 12.5 Å². The summed E-state index contributed by atoms with van der Waals surface area (Å²) in [7, 11) is 0. The van der Waals surface area contributed by atoms with Crippen LogP contribution in [0.4, 0.5) is 13.2 Å². The van der Waals surface area contributed by atoms with Gasteiger partial charge in [0.2, 0.25) is 5.91 Å². The zero-order valence-electron chi connectivity index (χ0n) is 11.2. The Morgan fingerprint density at radius 3 is 2.76 bits per heavy atom. The number of carbonyl (C=O) groups is 1. The van der Waals surface area contributed by atoms with E-state index in [1.54, 1.807) is 0 Å². The van der Waals surface area contributed by atoms with Gasteiger partial charge in [-0.15, -0.1) is 0 Å². The van der Waals surface area contributed by atoms with Crippen LogP contribution in [0.15, 0.2) is 18.5 Å². The quantitative estimate of drug-likeness (QED) is 0.941. The third-order valence-electron chi connectivity index (χ3n) is 2.80. The van der Waals surface area contributed by atoms with Crippen LogP contribution >= 0.6 is 11.6 Å². The smallest absolute Gasteiger partial charge is 0.356 e. The molecule has 2 heterocycles. The number of fused-ring (bicyclic) bond motifs is 1. The molecule has 4 nitrogen and oxygen atoms in total. The zero-order chi connectivity index (χ0) is 15.6. The molecule has 0 saturated heterocycles. The standard InChI is InChI=1S/C13H13ClF3N3O/c1-2-3-18-11(21)5-9-7-20-6-8(13(15,16)17)4-10(14)12(20)19-9/h4,6-7H,2-3,5H2,1H3,(H,18,21). The predicted octanol–water partition coefficient (Wildman–Crippen LogP) is 3.08. The van der Waals surface area contributed by atoms with Gasteiger partial charge in [-0.25, -0.2) is 4.98 Å². The summed E-state index contributed by atoms with van der Waals surface area (Å²) in [6.45, 7) is 2.47. The number of imidazole rings is 1. The first-order valence-electron chi connectivity index (χ1n) is 6.32. The van der Waals surface area contributed by atoms with Crippen LogP contribution in [-0.2, 0) is 17.4 Å². The molecule has 21 heavy (non-hydrogen) atoms. The average Bonchev–Trinajstić information content (AvgIpc) is 2.78. The molecule has 2 aromatic heterocycles. The molecule has 0 spiro atoms. The van der Waals surface area contributed by atoms with Gasteiger partial charge in [0.15, 0.2) is 5.65 Å². The first-order valence-corrected chi connectivity index (χ1v) is 6.70. The van der Waals surface area contributed by atoms with Crippen LogP contribution in [0.2, 0.25) is 5.02 Å². The lowest BCUT2D eigenvalue weighted by molar-refractivity contribution is -0.137. The van der Waals surface area contributed by atoms with Gasteiger partial charge in [-0.1, -0.05) is 18.5 Å². The van der Waals surface area contributed by atoms with E-state index in [0.717, 1.165) is 18.7 Å². The average molecular weight is 320 g/mol. The summed E-state index contributed by atoms with van der Waals surface area (Å²) in [6.07, 6.45) is -1.40. The van der Waals surface area contributed by atoms with Crippen LogP contribution in [0.1, 0.15) is 24.6 Å². The molecule has 0 aromatic carbocycles. The maximum Gasteiger partial charge on any atom is 0.417 e. The zero-order valence-corrected chi connectivity index (χ0v) is 11.9. The summed E-state index contributed by atoms with van der Waals surface area (Å²) >= 11 is 5.82. The lowest BCUT2D eigenvalue weighted by Gasteiger charge is -2.07. The first-order chi connectivity index (χ1) is 9.81. The molecule has 8 heteroatoms. The molecule has 0 radical (unpaired) electrons. The Morgan fingerprint density at radius 1 is 1.43 bits per heavy atom. The molecule has 1 amide bonds. The number of hydrogen-bond acceptors (Lipinski definition) is 2. The normalized spacial score (nSPS) is 11.9. The Bertz CT molecular complexity index is 666.